The molecule has 11 heteroatoms. The maximum absolute atomic E-state index is 13.7. The molecular formula is C20H19FN6O2S2. The number of carbonyl (C=O) groups is 2. The Morgan fingerprint density at radius 3 is 2.81 bits per heavy atom. The molecule has 4 rings (SSSR count). The van der Waals surface area contributed by atoms with Crippen LogP contribution in [0.2, 0.25) is 0 Å². The van der Waals surface area contributed by atoms with Crippen LogP contribution in [0.15, 0.2) is 52.5 Å². The number of nitrogens with one attached hydrogen (secondary N) is 2. The molecule has 3 aromatic rings. The van der Waals surface area contributed by atoms with Gasteiger partial charge in [-0.3, -0.25) is 9.59 Å². The van der Waals surface area contributed by atoms with Gasteiger partial charge in [0.1, 0.15) is 5.82 Å². The Morgan fingerprint density at radius 2 is 2.06 bits per heavy atom. The number of tetrazole rings is 1. The topological polar surface area (TPSA) is 102 Å². The second-order valence-electron chi connectivity index (χ2n) is 6.84. The van der Waals surface area contributed by atoms with Crippen LogP contribution in [0, 0.1) is 5.82 Å². The highest BCUT2D eigenvalue weighted by atomic mass is 32.2. The van der Waals surface area contributed by atoms with E-state index < -0.39 is 0 Å². The number of aryl methyl sites for hydroxylation is 1. The van der Waals surface area contributed by atoms with Crippen molar-refractivity contribution < 1.29 is 14.0 Å². The van der Waals surface area contributed by atoms with E-state index in [2.05, 4.69) is 26.2 Å². The number of halogens is 1. The lowest BCUT2D eigenvalue weighted by Crippen LogP contribution is -2.30. The van der Waals surface area contributed by atoms with Crippen LogP contribution in [-0.2, 0) is 11.8 Å². The van der Waals surface area contributed by atoms with Crippen molar-refractivity contribution in [1.29, 1.82) is 0 Å². The van der Waals surface area contributed by atoms with Crippen LogP contribution in [0.25, 0.3) is 0 Å². The van der Waals surface area contributed by atoms with Crippen molar-refractivity contribution in [3.8, 4) is 0 Å². The fourth-order valence-corrected chi connectivity index (χ4v) is 4.89. The van der Waals surface area contributed by atoms with Crippen molar-refractivity contribution in [1.82, 2.24) is 25.5 Å². The molecule has 2 heterocycles. The Morgan fingerprint density at radius 1 is 1.26 bits per heavy atom. The molecule has 0 bridgehead atoms. The zero-order valence-corrected chi connectivity index (χ0v) is 18.2. The number of amides is 2. The van der Waals surface area contributed by atoms with Crippen molar-refractivity contribution in [3.63, 3.8) is 0 Å². The molecule has 0 fully saturated rings. The first kappa shape index (κ1) is 21.3. The lowest BCUT2D eigenvalue weighted by molar-refractivity contribution is -0.113. The molecule has 1 aliphatic heterocycles. The van der Waals surface area contributed by atoms with Crippen LogP contribution in [0.1, 0.15) is 28.4 Å². The molecule has 0 aliphatic carbocycles. The Bertz CT molecular complexity index is 1110. The number of fused-ring (bicyclic) bond motifs is 1. The summed E-state index contributed by atoms with van der Waals surface area (Å²) in [6, 6.07) is 11.1. The van der Waals surface area contributed by atoms with E-state index in [0.29, 0.717) is 16.4 Å². The monoisotopic (exact) mass is 458 g/mol. The molecule has 160 valence electrons. The largest absolute Gasteiger partial charge is 0.345 e. The fraction of sp³-hybridized carbons (Fsp3) is 0.250. The van der Waals surface area contributed by atoms with Crippen molar-refractivity contribution in [3.05, 3.63) is 59.4 Å². The molecule has 0 saturated carbocycles. The van der Waals surface area contributed by atoms with Crippen molar-refractivity contribution >= 4 is 41.0 Å². The van der Waals surface area contributed by atoms with E-state index in [1.165, 1.54) is 28.6 Å². The van der Waals surface area contributed by atoms with Crippen molar-refractivity contribution in [2.24, 2.45) is 7.05 Å². The summed E-state index contributed by atoms with van der Waals surface area (Å²) in [5, 5.41) is 17.4. The van der Waals surface area contributed by atoms with Gasteiger partial charge in [0.2, 0.25) is 11.1 Å². The molecule has 0 unspecified atom stereocenters. The van der Waals surface area contributed by atoms with E-state index in [1.807, 2.05) is 0 Å². The number of carbonyl (C=O) groups excluding carboxylic acids is 2. The number of hydrogen-bond donors (Lipinski definition) is 2. The number of rotatable bonds is 6. The molecule has 1 atom stereocenters. The standard InChI is InChI=1S/C20H19FN6O2S2/c1-27-20(24-25-26-27)31-11-18(28)22-14-5-2-12(3-6-14)19(29)23-16-8-9-30-17-7-4-13(21)10-15(16)17/h2-7,10,16H,8-9,11H2,1H3,(H,22,28)(H,23,29)/t16-/m1/s1. The second kappa shape index (κ2) is 9.48. The van der Waals surface area contributed by atoms with E-state index in [9.17, 15) is 14.0 Å². The van der Waals surface area contributed by atoms with E-state index in [0.717, 1.165) is 22.6 Å². The van der Waals surface area contributed by atoms with Crippen LogP contribution >= 0.6 is 23.5 Å². The van der Waals surface area contributed by atoms with Gasteiger partial charge in [0.25, 0.3) is 5.91 Å². The summed E-state index contributed by atoms with van der Waals surface area (Å²) in [4.78, 5) is 25.8. The van der Waals surface area contributed by atoms with Gasteiger partial charge in [-0.1, -0.05) is 11.8 Å². The summed E-state index contributed by atoms with van der Waals surface area (Å²) < 4.78 is 15.2. The van der Waals surface area contributed by atoms with Crippen LogP contribution in [0.3, 0.4) is 0 Å². The molecule has 2 aromatic carbocycles. The summed E-state index contributed by atoms with van der Waals surface area (Å²) >= 11 is 2.89. The summed E-state index contributed by atoms with van der Waals surface area (Å²) in [6.45, 7) is 0. The van der Waals surface area contributed by atoms with Gasteiger partial charge in [-0.05, 0) is 64.9 Å². The maximum atomic E-state index is 13.7. The summed E-state index contributed by atoms with van der Waals surface area (Å²) in [6.07, 6.45) is 0.736. The number of hydrogen-bond acceptors (Lipinski definition) is 7. The third-order valence-corrected chi connectivity index (χ3v) is 6.79. The lowest BCUT2D eigenvalue weighted by atomic mass is 10.0. The van der Waals surface area contributed by atoms with Gasteiger partial charge >= 0.3 is 0 Å². The van der Waals surface area contributed by atoms with Gasteiger partial charge in [-0.15, -0.1) is 16.9 Å². The molecule has 8 nitrogen and oxygen atoms in total. The van der Waals surface area contributed by atoms with E-state index in [-0.39, 0.29) is 29.4 Å². The minimum Gasteiger partial charge on any atom is -0.345 e. The number of anilines is 1. The van der Waals surface area contributed by atoms with E-state index in [4.69, 9.17) is 0 Å². The van der Waals surface area contributed by atoms with Gasteiger partial charge in [0, 0.05) is 28.9 Å². The van der Waals surface area contributed by atoms with Crippen LogP contribution in [0.5, 0.6) is 0 Å². The minimum absolute atomic E-state index is 0.159. The van der Waals surface area contributed by atoms with Crippen molar-refractivity contribution in [2.45, 2.75) is 22.5 Å². The average Bonchev–Trinajstić information content (AvgIpc) is 3.18. The predicted molar refractivity (Wildman–Crippen MR) is 117 cm³/mol. The zero-order valence-electron chi connectivity index (χ0n) is 16.5. The predicted octanol–water partition coefficient (Wildman–Crippen LogP) is 3.05. The Balaban J connectivity index is 1.34. The second-order valence-corrected chi connectivity index (χ2v) is 8.92. The molecular weight excluding hydrogens is 439 g/mol. The van der Waals surface area contributed by atoms with E-state index >= 15 is 0 Å². The highest BCUT2D eigenvalue weighted by Gasteiger charge is 2.23. The molecule has 31 heavy (non-hydrogen) atoms. The van der Waals surface area contributed by atoms with Crippen LogP contribution in [-0.4, -0.2) is 43.5 Å². The minimum atomic E-state index is -0.311. The Labute approximate surface area is 186 Å². The zero-order chi connectivity index (χ0) is 21.8. The first-order valence-electron chi connectivity index (χ1n) is 9.48. The number of nitrogens with zero attached hydrogens (tertiary/aromatic N) is 4. The lowest BCUT2D eigenvalue weighted by Gasteiger charge is -2.26. The average molecular weight is 459 g/mol. The third kappa shape index (κ3) is 5.23. The van der Waals surface area contributed by atoms with Gasteiger partial charge in [0.05, 0.1) is 11.8 Å². The number of aromatic nitrogens is 4. The Kier molecular flexibility index (Phi) is 6.52. The smallest absolute Gasteiger partial charge is 0.251 e. The Hall–Kier alpha value is -2.92. The number of thioether (sulfide) groups is 2. The molecule has 0 saturated heterocycles. The third-order valence-electron chi connectivity index (χ3n) is 4.66. The van der Waals surface area contributed by atoms with Gasteiger partial charge in [0.15, 0.2) is 0 Å². The molecule has 1 aliphatic rings. The first-order chi connectivity index (χ1) is 15.0. The number of benzene rings is 2. The summed E-state index contributed by atoms with van der Waals surface area (Å²) in [5.74, 6) is 0.261. The summed E-state index contributed by atoms with van der Waals surface area (Å²) in [7, 11) is 1.70. The first-order valence-corrected chi connectivity index (χ1v) is 11.4. The van der Waals surface area contributed by atoms with Crippen molar-refractivity contribution in [2.75, 3.05) is 16.8 Å². The quantitative estimate of drug-likeness (QED) is 0.548. The SMILES string of the molecule is Cn1nnnc1SCC(=O)Nc1ccc(C(=O)N[C@@H]2CCSc3ccc(F)cc32)cc1. The molecule has 2 N–H and O–H groups in total. The normalized spacial score (nSPS) is 15.2. The maximum Gasteiger partial charge on any atom is 0.251 e. The highest BCUT2D eigenvalue weighted by Crippen LogP contribution is 2.36. The summed E-state index contributed by atoms with van der Waals surface area (Å²) in [5.41, 5.74) is 1.86. The van der Waals surface area contributed by atoms with Crippen LogP contribution in [0.4, 0.5) is 10.1 Å². The molecule has 1 aromatic heterocycles. The molecule has 0 spiro atoms. The van der Waals surface area contributed by atoms with Gasteiger partial charge in [-0.2, -0.15) is 0 Å². The molecule has 2 amide bonds. The van der Waals surface area contributed by atoms with E-state index in [1.54, 1.807) is 49.1 Å². The van der Waals surface area contributed by atoms with Gasteiger partial charge in [-0.25, -0.2) is 9.07 Å². The molecule has 0 radical (unpaired) electrons. The van der Waals surface area contributed by atoms with Crippen LogP contribution < -0.4 is 10.6 Å². The van der Waals surface area contributed by atoms with Gasteiger partial charge < -0.3 is 10.6 Å². The highest BCUT2D eigenvalue weighted by molar-refractivity contribution is 7.99. The fourth-order valence-electron chi connectivity index (χ4n) is 3.13.